The van der Waals surface area contributed by atoms with Gasteiger partial charge in [-0.15, -0.1) is 0 Å². The standard InChI is InChI=1S/C14H10BrN3O5/c1-8-12(17(20)21)6-9(7-13(8)18(22)23)14(19)16-11-5-3-2-4-10(11)15/h2-7H,1H3,(H,16,19). The number of anilines is 1. The highest BCUT2D eigenvalue weighted by molar-refractivity contribution is 9.10. The van der Waals surface area contributed by atoms with Crippen molar-refractivity contribution in [2.45, 2.75) is 6.92 Å². The van der Waals surface area contributed by atoms with E-state index in [1.54, 1.807) is 24.3 Å². The molecular weight excluding hydrogens is 370 g/mol. The number of nitro benzene ring substituents is 2. The van der Waals surface area contributed by atoms with Crippen LogP contribution in [0.5, 0.6) is 0 Å². The van der Waals surface area contributed by atoms with Crippen molar-refractivity contribution in [2.75, 3.05) is 5.32 Å². The molecule has 1 amide bonds. The quantitative estimate of drug-likeness (QED) is 0.639. The Bertz CT molecular complexity index is 787. The van der Waals surface area contributed by atoms with Gasteiger partial charge in [-0.3, -0.25) is 25.0 Å². The highest BCUT2D eigenvalue weighted by Gasteiger charge is 2.25. The molecule has 9 heteroatoms. The summed E-state index contributed by atoms with van der Waals surface area (Å²) >= 11 is 3.25. The highest BCUT2D eigenvalue weighted by atomic mass is 79.9. The van der Waals surface area contributed by atoms with E-state index in [9.17, 15) is 25.0 Å². The van der Waals surface area contributed by atoms with Crippen LogP contribution in [0, 0.1) is 27.2 Å². The lowest BCUT2D eigenvalue weighted by Gasteiger charge is -2.08. The SMILES string of the molecule is Cc1c([N+](=O)[O-])cc(C(=O)Nc2ccccc2Br)cc1[N+](=O)[O-]. The van der Waals surface area contributed by atoms with E-state index in [1.807, 2.05) is 0 Å². The molecule has 0 atom stereocenters. The number of hydrogen-bond acceptors (Lipinski definition) is 5. The summed E-state index contributed by atoms with van der Waals surface area (Å²) < 4.78 is 0.615. The normalized spacial score (nSPS) is 10.2. The zero-order valence-corrected chi connectivity index (χ0v) is 13.4. The first-order valence-electron chi connectivity index (χ1n) is 6.30. The van der Waals surface area contributed by atoms with Crippen LogP contribution < -0.4 is 5.32 Å². The van der Waals surface area contributed by atoms with Crippen LogP contribution in [0.3, 0.4) is 0 Å². The molecule has 0 aromatic heterocycles. The fraction of sp³-hybridized carbons (Fsp3) is 0.0714. The van der Waals surface area contributed by atoms with Gasteiger partial charge in [0.2, 0.25) is 0 Å². The van der Waals surface area contributed by atoms with Gasteiger partial charge < -0.3 is 5.32 Å². The molecule has 0 saturated heterocycles. The summed E-state index contributed by atoms with van der Waals surface area (Å²) in [5.41, 5.74) is -0.765. The molecule has 0 unspecified atom stereocenters. The second kappa shape index (κ2) is 6.53. The minimum Gasteiger partial charge on any atom is -0.321 e. The highest BCUT2D eigenvalue weighted by Crippen LogP contribution is 2.30. The second-order valence-electron chi connectivity index (χ2n) is 4.59. The average molecular weight is 380 g/mol. The summed E-state index contributed by atoms with van der Waals surface area (Å²) in [7, 11) is 0. The number of amides is 1. The number of benzene rings is 2. The minimum absolute atomic E-state index is 0.0996. The number of hydrogen-bond donors (Lipinski definition) is 1. The van der Waals surface area contributed by atoms with Crippen LogP contribution >= 0.6 is 15.9 Å². The van der Waals surface area contributed by atoms with Gasteiger partial charge in [-0.25, -0.2) is 0 Å². The molecule has 0 heterocycles. The number of rotatable bonds is 4. The first-order chi connectivity index (χ1) is 10.8. The maximum atomic E-state index is 12.3. The maximum Gasteiger partial charge on any atom is 0.279 e. The van der Waals surface area contributed by atoms with E-state index < -0.39 is 27.1 Å². The summed E-state index contributed by atoms with van der Waals surface area (Å²) in [5.74, 6) is -0.678. The Balaban J connectivity index is 2.46. The first-order valence-corrected chi connectivity index (χ1v) is 7.10. The molecule has 0 aliphatic heterocycles. The van der Waals surface area contributed by atoms with Crippen molar-refractivity contribution in [3.8, 4) is 0 Å². The molecule has 0 spiro atoms. The van der Waals surface area contributed by atoms with Gasteiger partial charge in [0.15, 0.2) is 0 Å². The lowest BCUT2D eigenvalue weighted by molar-refractivity contribution is -0.395. The Hall–Kier alpha value is -2.81. The van der Waals surface area contributed by atoms with Gasteiger partial charge in [-0.1, -0.05) is 12.1 Å². The van der Waals surface area contributed by atoms with Crippen molar-refractivity contribution >= 4 is 38.9 Å². The Morgan fingerprint density at radius 2 is 1.61 bits per heavy atom. The van der Waals surface area contributed by atoms with Gasteiger partial charge in [0.1, 0.15) is 5.56 Å². The molecule has 0 aliphatic rings. The summed E-state index contributed by atoms with van der Waals surface area (Å²) in [6.07, 6.45) is 0. The van der Waals surface area contributed by atoms with Crippen molar-refractivity contribution in [2.24, 2.45) is 0 Å². The molecule has 8 nitrogen and oxygen atoms in total. The van der Waals surface area contributed by atoms with Gasteiger partial charge in [0, 0.05) is 16.6 Å². The fourth-order valence-corrected chi connectivity index (χ4v) is 2.34. The Kier molecular flexibility index (Phi) is 4.70. The number of halogens is 1. The van der Waals surface area contributed by atoms with Crippen molar-refractivity contribution in [3.63, 3.8) is 0 Å². The second-order valence-corrected chi connectivity index (χ2v) is 5.44. The number of para-hydroxylation sites is 1. The summed E-state index contributed by atoms with van der Waals surface area (Å²) in [6.45, 7) is 1.27. The zero-order valence-electron chi connectivity index (χ0n) is 11.8. The predicted octanol–water partition coefficient (Wildman–Crippen LogP) is 3.83. The van der Waals surface area contributed by atoms with Gasteiger partial charge in [0.25, 0.3) is 17.3 Å². The van der Waals surface area contributed by atoms with Crippen LogP contribution in [0.1, 0.15) is 15.9 Å². The lowest BCUT2D eigenvalue weighted by Crippen LogP contribution is -2.13. The van der Waals surface area contributed by atoms with Crippen LogP contribution in [0.25, 0.3) is 0 Å². The monoisotopic (exact) mass is 379 g/mol. The third-order valence-corrected chi connectivity index (χ3v) is 3.82. The summed E-state index contributed by atoms with van der Waals surface area (Å²) in [4.78, 5) is 32.8. The third kappa shape index (κ3) is 3.51. The van der Waals surface area contributed by atoms with Crippen LogP contribution in [-0.4, -0.2) is 15.8 Å². The molecule has 0 bridgehead atoms. The molecule has 1 N–H and O–H groups in total. The number of carbonyl (C=O) groups excluding carboxylic acids is 1. The minimum atomic E-state index is -0.752. The molecule has 2 rings (SSSR count). The van der Waals surface area contributed by atoms with Crippen molar-refractivity contribution in [1.29, 1.82) is 0 Å². The fourth-order valence-electron chi connectivity index (χ4n) is 1.95. The average Bonchev–Trinajstić information content (AvgIpc) is 2.49. The number of nitro groups is 2. The smallest absolute Gasteiger partial charge is 0.279 e. The lowest BCUT2D eigenvalue weighted by atomic mass is 10.1. The molecule has 23 heavy (non-hydrogen) atoms. The van der Waals surface area contributed by atoms with Gasteiger partial charge in [-0.05, 0) is 35.0 Å². The Labute approximate surface area is 138 Å². The molecule has 0 saturated carbocycles. The molecule has 0 radical (unpaired) electrons. The summed E-state index contributed by atoms with van der Waals surface area (Å²) in [6, 6.07) is 8.82. The molecular formula is C14H10BrN3O5. The maximum absolute atomic E-state index is 12.3. The summed E-state index contributed by atoms with van der Waals surface area (Å²) in [5, 5.41) is 24.6. The van der Waals surface area contributed by atoms with E-state index in [2.05, 4.69) is 21.2 Å². The van der Waals surface area contributed by atoms with Crippen molar-refractivity contribution < 1.29 is 14.6 Å². The first kappa shape index (κ1) is 16.6. The molecule has 118 valence electrons. The van der Waals surface area contributed by atoms with Gasteiger partial charge >= 0.3 is 0 Å². The topological polar surface area (TPSA) is 115 Å². The van der Waals surface area contributed by atoms with E-state index >= 15 is 0 Å². The molecule has 0 aliphatic carbocycles. The van der Waals surface area contributed by atoms with Crippen LogP contribution in [0.15, 0.2) is 40.9 Å². The van der Waals surface area contributed by atoms with E-state index in [-0.39, 0.29) is 11.1 Å². The third-order valence-electron chi connectivity index (χ3n) is 3.13. The van der Waals surface area contributed by atoms with E-state index in [4.69, 9.17) is 0 Å². The number of carbonyl (C=O) groups is 1. The largest absolute Gasteiger partial charge is 0.321 e. The van der Waals surface area contributed by atoms with Crippen LogP contribution in [0.2, 0.25) is 0 Å². The Morgan fingerprint density at radius 3 is 2.09 bits per heavy atom. The van der Waals surface area contributed by atoms with Crippen molar-refractivity contribution in [1.82, 2.24) is 0 Å². The van der Waals surface area contributed by atoms with E-state index in [1.165, 1.54) is 6.92 Å². The zero-order chi connectivity index (χ0) is 17.1. The molecule has 2 aromatic carbocycles. The van der Waals surface area contributed by atoms with Crippen LogP contribution in [0.4, 0.5) is 17.1 Å². The van der Waals surface area contributed by atoms with Crippen molar-refractivity contribution in [3.05, 3.63) is 72.2 Å². The van der Waals surface area contributed by atoms with Gasteiger partial charge in [0.05, 0.1) is 21.1 Å². The van der Waals surface area contributed by atoms with E-state index in [0.29, 0.717) is 10.2 Å². The molecule has 0 fully saturated rings. The Morgan fingerprint density at radius 1 is 1.09 bits per heavy atom. The van der Waals surface area contributed by atoms with Gasteiger partial charge in [-0.2, -0.15) is 0 Å². The predicted molar refractivity (Wildman–Crippen MR) is 86.6 cm³/mol. The number of nitrogens with one attached hydrogen (secondary N) is 1. The number of nitrogens with zero attached hydrogens (tertiary/aromatic N) is 2. The van der Waals surface area contributed by atoms with Crippen LogP contribution in [-0.2, 0) is 0 Å². The van der Waals surface area contributed by atoms with E-state index in [0.717, 1.165) is 12.1 Å². The molecule has 2 aromatic rings.